The number of nitrogens with two attached hydrogens (primary N) is 1. The van der Waals surface area contributed by atoms with E-state index in [1.807, 2.05) is 24.3 Å². The average molecular weight is 337 g/mol. The third kappa shape index (κ3) is 3.81. The monoisotopic (exact) mass is 336 g/mol. The SMILES string of the molecule is Nc1ccccc1CCC(=O)Nc1ccc(F)cc1Br. The molecule has 0 unspecified atom stereocenters. The normalized spacial score (nSPS) is 10.3. The van der Waals surface area contributed by atoms with Crippen LogP contribution < -0.4 is 11.1 Å². The summed E-state index contributed by atoms with van der Waals surface area (Å²) in [5.41, 5.74) is 8.00. The number of carbonyl (C=O) groups is 1. The summed E-state index contributed by atoms with van der Waals surface area (Å²) in [7, 11) is 0. The number of halogens is 2. The Morgan fingerprint density at radius 3 is 2.70 bits per heavy atom. The van der Waals surface area contributed by atoms with Gasteiger partial charge in [0, 0.05) is 16.6 Å². The maximum atomic E-state index is 12.9. The van der Waals surface area contributed by atoms with E-state index in [1.54, 1.807) is 0 Å². The van der Waals surface area contributed by atoms with Gasteiger partial charge in [0.2, 0.25) is 5.91 Å². The Bertz CT molecular complexity index is 631. The van der Waals surface area contributed by atoms with Crippen LogP contribution in [-0.4, -0.2) is 5.91 Å². The van der Waals surface area contributed by atoms with Gasteiger partial charge in [-0.1, -0.05) is 18.2 Å². The molecule has 0 aliphatic rings. The first-order valence-electron chi connectivity index (χ1n) is 6.14. The zero-order chi connectivity index (χ0) is 14.5. The number of aryl methyl sites for hydroxylation is 1. The number of para-hydroxylation sites is 1. The second kappa shape index (κ2) is 6.52. The van der Waals surface area contributed by atoms with Gasteiger partial charge < -0.3 is 11.1 Å². The molecule has 5 heteroatoms. The first-order chi connectivity index (χ1) is 9.56. The topological polar surface area (TPSA) is 55.1 Å². The first-order valence-corrected chi connectivity index (χ1v) is 6.94. The molecule has 1 amide bonds. The summed E-state index contributed by atoms with van der Waals surface area (Å²) in [5, 5.41) is 2.73. The van der Waals surface area contributed by atoms with Crippen molar-refractivity contribution in [1.29, 1.82) is 0 Å². The molecule has 0 aliphatic carbocycles. The lowest BCUT2D eigenvalue weighted by Gasteiger charge is -2.08. The predicted molar refractivity (Wildman–Crippen MR) is 81.9 cm³/mol. The van der Waals surface area contributed by atoms with E-state index in [9.17, 15) is 9.18 Å². The summed E-state index contributed by atoms with van der Waals surface area (Å²) in [6.45, 7) is 0. The molecule has 0 saturated heterocycles. The molecule has 3 nitrogen and oxygen atoms in total. The minimum atomic E-state index is -0.355. The lowest BCUT2D eigenvalue weighted by Crippen LogP contribution is -2.13. The second-order valence-electron chi connectivity index (χ2n) is 4.37. The molecule has 0 atom stereocenters. The van der Waals surface area contributed by atoms with E-state index in [2.05, 4.69) is 21.2 Å². The first kappa shape index (κ1) is 14.5. The van der Waals surface area contributed by atoms with Crippen LogP contribution in [-0.2, 0) is 11.2 Å². The van der Waals surface area contributed by atoms with Gasteiger partial charge in [-0.05, 0) is 52.2 Å². The van der Waals surface area contributed by atoms with Crippen molar-refractivity contribution in [3.8, 4) is 0 Å². The molecular formula is C15H14BrFN2O. The van der Waals surface area contributed by atoms with Crippen molar-refractivity contribution in [1.82, 2.24) is 0 Å². The molecular weight excluding hydrogens is 323 g/mol. The van der Waals surface area contributed by atoms with E-state index in [0.29, 0.717) is 28.7 Å². The van der Waals surface area contributed by atoms with E-state index >= 15 is 0 Å². The Labute approximate surface area is 125 Å². The van der Waals surface area contributed by atoms with Crippen LogP contribution in [0.5, 0.6) is 0 Å². The molecule has 0 aromatic heterocycles. The van der Waals surface area contributed by atoms with Gasteiger partial charge in [-0.15, -0.1) is 0 Å². The van der Waals surface area contributed by atoms with Crippen molar-refractivity contribution in [2.75, 3.05) is 11.1 Å². The fourth-order valence-electron chi connectivity index (χ4n) is 1.81. The minimum absolute atomic E-state index is 0.138. The Kier molecular flexibility index (Phi) is 4.74. The second-order valence-corrected chi connectivity index (χ2v) is 5.23. The predicted octanol–water partition coefficient (Wildman–Crippen LogP) is 3.74. The molecule has 104 valence electrons. The molecule has 0 aliphatic heterocycles. The van der Waals surface area contributed by atoms with Crippen LogP contribution in [0.3, 0.4) is 0 Å². The van der Waals surface area contributed by atoms with Gasteiger partial charge in [-0.25, -0.2) is 4.39 Å². The molecule has 20 heavy (non-hydrogen) atoms. The highest BCUT2D eigenvalue weighted by Gasteiger charge is 2.07. The summed E-state index contributed by atoms with van der Waals surface area (Å²) in [4.78, 5) is 11.9. The number of hydrogen-bond acceptors (Lipinski definition) is 2. The van der Waals surface area contributed by atoms with Crippen molar-refractivity contribution in [3.63, 3.8) is 0 Å². The van der Waals surface area contributed by atoms with Crippen molar-refractivity contribution in [2.24, 2.45) is 0 Å². The number of benzene rings is 2. The highest BCUT2D eigenvalue weighted by atomic mass is 79.9. The molecule has 0 spiro atoms. The van der Waals surface area contributed by atoms with Crippen molar-refractivity contribution < 1.29 is 9.18 Å². The standard InChI is InChI=1S/C15H14BrFN2O/c16-12-9-11(17)6-7-14(12)19-15(20)8-5-10-3-1-2-4-13(10)18/h1-4,6-7,9H,5,8,18H2,(H,19,20). The van der Waals surface area contributed by atoms with Crippen LogP contribution in [0.4, 0.5) is 15.8 Å². The number of rotatable bonds is 4. The largest absolute Gasteiger partial charge is 0.399 e. The summed E-state index contributed by atoms with van der Waals surface area (Å²) in [6, 6.07) is 11.6. The molecule has 2 aromatic rings. The van der Waals surface area contributed by atoms with Gasteiger partial charge in [0.25, 0.3) is 0 Å². The van der Waals surface area contributed by atoms with Crippen LogP contribution in [0.1, 0.15) is 12.0 Å². The van der Waals surface area contributed by atoms with Gasteiger partial charge in [-0.2, -0.15) is 0 Å². The highest BCUT2D eigenvalue weighted by Crippen LogP contribution is 2.23. The Morgan fingerprint density at radius 1 is 1.25 bits per heavy atom. The third-order valence-corrected chi connectivity index (χ3v) is 3.54. The quantitative estimate of drug-likeness (QED) is 0.835. The van der Waals surface area contributed by atoms with Crippen LogP contribution in [0.25, 0.3) is 0 Å². The van der Waals surface area contributed by atoms with Gasteiger partial charge in [-0.3, -0.25) is 4.79 Å². The molecule has 3 N–H and O–H groups in total. The number of carbonyl (C=O) groups excluding carboxylic acids is 1. The van der Waals surface area contributed by atoms with Gasteiger partial charge in [0.1, 0.15) is 5.82 Å². The number of amides is 1. The zero-order valence-electron chi connectivity index (χ0n) is 10.7. The summed E-state index contributed by atoms with van der Waals surface area (Å²) in [6.07, 6.45) is 0.884. The minimum Gasteiger partial charge on any atom is -0.399 e. The zero-order valence-corrected chi connectivity index (χ0v) is 12.3. The van der Waals surface area contributed by atoms with Crippen molar-refractivity contribution in [2.45, 2.75) is 12.8 Å². The molecule has 0 fully saturated rings. The van der Waals surface area contributed by atoms with Gasteiger partial charge >= 0.3 is 0 Å². The lowest BCUT2D eigenvalue weighted by molar-refractivity contribution is -0.116. The average Bonchev–Trinajstić information content (AvgIpc) is 2.41. The molecule has 0 bridgehead atoms. The number of nitrogens with one attached hydrogen (secondary N) is 1. The van der Waals surface area contributed by atoms with E-state index in [4.69, 9.17) is 5.73 Å². The maximum Gasteiger partial charge on any atom is 0.224 e. The van der Waals surface area contributed by atoms with E-state index < -0.39 is 0 Å². The Balaban J connectivity index is 1.94. The van der Waals surface area contributed by atoms with Crippen molar-refractivity contribution >= 4 is 33.2 Å². The van der Waals surface area contributed by atoms with E-state index in [0.717, 1.165) is 5.56 Å². The molecule has 0 saturated carbocycles. The highest BCUT2D eigenvalue weighted by molar-refractivity contribution is 9.10. The summed E-state index contributed by atoms with van der Waals surface area (Å²) >= 11 is 3.21. The smallest absolute Gasteiger partial charge is 0.224 e. The van der Waals surface area contributed by atoms with Gasteiger partial charge in [0.05, 0.1) is 5.69 Å². The molecule has 0 radical (unpaired) electrons. The fraction of sp³-hybridized carbons (Fsp3) is 0.133. The van der Waals surface area contributed by atoms with Crippen molar-refractivity contribution in [3.05, 3.63) is 58.3 Å². The van der Waals surface area contributed by atoms with Crippen LogP contribution in [0.2, 0.25) is 0 Å². The lowest BCUT2D eigenvalue weighted by atomic mass is 10.1. The summed E-state index contributed by atoms with van der Waals surface area (Å²) in [5.74, 6) is -0.493. The number of hydrogen-bond donors (Lipinski definition) is 2. The molecule has 2 aromatic carbocycles. The summed E-state index contributed by atoms with van der Waals surface area (Å²) < 4.78 is 13.5. The Morgan fingerprint density at radius 2 is 2.00 bits per heavy atom. The number of nitrogen functional groups attached to an aromatic ring is 1. The molecule has 2 rings (SSSR count). The van der Waals surface area contributed by atoms with Crippen LogP contribution >= 0.6 is 15.9 Å². The van der Waals surface area contributed by atoms with E-state index in [1.165, 1.54) is 18.2 Å². The molecule has 0 heterocycles. The van der Waals surface area contributed by atoms with Gasteiger partial charge in [0.15, 0.2) is 0 Å². The third-order valence-electron chi connectivity index (χ3n) is 2.88. The fourth-order valence-corrected chi connectivity index (χ4v) is 2.26. The Hall–Kier alpha value is -1.88. The number of anilines is 2. The van der Waals surface area contributed by atoms with E-state index in [-0.39, 0.29) is 11.7 Å². The van der Waals surface area contributed by atoms with Crippen LogP contribution in [0.15, 0.2) is 46.9 Å². The maximum absolute atomic E-state index is 12.9. The van der Waals surface area contributed by atoms with Crippen LogP contribution in [0, 0.1) is 5.82 Å².